The first-order valence-electron chi connectivity index (χ1n) is 26.3. The second-order valence-electron chi connectivity index (χ2n) is 20.4. The number of hydrogen-bond donors (Lipinski definition) is 3. The molecule has 76 heavy (non-hydrogen) atoms. The minimum atomic E-state index is -0.305. The van der Waals surface area contributed by atoms with Crippen LogP contribution in [0.5, 0.6) is 0 Å². The van der Waals surface area contributed by atoms with E-state index in [1.54, 1.807) is 50.4 Å². The molecular weight excluding hydrogens is 1100 g/mol. The highest BCUT2D eigenvalue weighted by atomic mass is 79.9. The molecule has 2 saturated heterocycles. The Bertz CT molecular complexity index is 3260. The SMILES string of the molecule is Br.CN(C)CCBr.CN(C)CCN1CCC(n2ccc(Nc3ncc4cc(C#N)c(=O)n(C5CCCC5)c4n3)cc2=O)CC1.N#Cc1cc2cnc(Nc3ccn(C4CCNCC4)c(=O)c3)nc2n(C2CCCC2)c1=O. The van der Waals surface area contributed by atoms with Crippen LogP contribution in [0.4, 0.5) is 23.3 Å². The Balaban J connectivity index is 0.000000199. The fraction of sp³-hybridized carbons (Fsp3) is 0.519. The maximum Gasteiger partial charge on any atom is 0.270 e. The normalized spacial score (nSPS) is 16.6. The third kappa shape index (κ3) is 14.3. The van der Waals surface area contributed by atoms with Gasteiger partial charge in [0.2, 0.25) is 11.9 Å². The Hall–Kier alpha value is -6.14. The van der Waals surface area contributed by atoms with Crippen LogP contribution in [0.15, 0.2) is 80.4 Å². The highest BCUT2D eigenvalue weighted by Gasteiger charge is 2.26. The Morgan fingerprint density at radius 1 is 0.632 bits per heavy atom. The summed E-state index contributed by atoms with van der Waals surface area (Å²) in [5.41, 5.74) is 1.72. The van der Waals surface area contributed by atoms with E-state index in [1.807, 2.05) is 41.2 Å². The predicted octanol–water partition coefficient (Wildman–Crippen LogP) is 7.01. The topological polar surface area (TPSA) is 233 Å². The third-order valence-corrected chi connectivity index (χ3v) is 15.0. The van der Waals surface area contributed by atoms with Gasteiger partial charge in [-0.05, 0) is 117 Å². The van der Waals surface area contributed by atoms with Crippen LogP contribution in [0.3, 0.4) is 0 Å². The van der Waals surface area contributed by atoms with Crippen LogP contribution in [-0.2, 0) is 0 Å². The summed E-state index contributed by atoms with van der Waals surface area (Å²) in [5, 5.41) is 30.8. The molecule has 3 N–H and O–H groups in total. The van der Waals surface area contributed by atoms with Crippen LogP contribution in [0.1, 0.15) is 112 Å². The van der Waals surface area contributed by atoms with Crippen molar-refractivity contribution in [1.29, 1.82) is 10.5 Å². The van der Waals surface area contributed by atoms with E-state index in [2.05, 4.69) is 94.7 Å². The van der Waals surface area contributed by atoms with Gasteiger partial charge in [0.15, 0.2) is 0 Å². The number of likely N-dealkylation sites (tertiary alicyclic amines) is 1. The van der Waals surface area contributed by atoms with Crippen LogP contribution in [-0.4, -0.2) is 132 Å². The molecule has 4 fully saturated rings. The van der Waals surface area contributed by atoms with Crippen molar-refractivity contribution in [3.05, 3.63) is 114 Å². The lowest BCUT2D eigenvalue weighted by Gasteiger charge is -2.33. The number of aromatic nitrogens is 8. The summed E-state index contributed by atoms with van der Waals surface area (Å²) < 4.78 is 6.94. The van der Waals surface area contributed by atoms with Crippen molar-refractivity contribution in [2.75, 3.05) is 90.0 Å². The van der Waals surface area contributed by atoms with Gasteiger partial charge in [-0.15, -0.1) is 17.0 Å². The number of alkyl halides is 1. The monoisotopic (exact) mass is 1160 g/mol. The van der Waals surface area contributed by atoms with E-state index in [0.29, 0.717) is 45.3 Å². The summed E-state index contributed by atoms with van der Waals surface area (Å²) >= 11 is 3.31. The lowest BCUT2D eigenvalue weighted by atomic mass is 10.0. The molecule has 404 valence electrons. The predicted molar refractivity (Wildman–Crippen MR) is 307 cm³/mol. The van der Waals surface area contributed by atoms with Gasteiger partial charge < -0.3 is 39.8 Å². The van der Waals surface area contributed by atoms with Gasteiger partial charge in [0.25, 0.3) is 22.2 Å². The van der Waals surface area contributed by atoms with Crippen molar-refractivity contribution in [2.45, 2.75) is 101 Å². The van der Waals surface area contributed by atoms with Gasteiger partial charge in [-0.1, -0.05) is 41.6 Å². The summed E-state index contributed by atoms with van der Waals surface area (Å²) in [5.74, 6) is 0.627. The molecule has 4 aliphatic rings. The maximum atomic E-state index is 13.0. The van der Waals surface area contributed by atoms with Crippen molar-refractivity contribution in [1.82, 2.24) is 58.2 Å². The molecule has 0 unspecified atom stereocenters. The molecule has 2 saturated carbocycles. The van der Waals surface area contributed by atoms with E-state index in [9.17, 15) is 29.7 Å². The second-order valence-corrected chi connectivity index (χ2v) is 21.2. The molecule has 2 aliphatic heterocycles. The van der Waals surface area contributed by atoms with Gasteiger partial charge in [-0.3, -0.25) is 28.3 Å². The summed E-state index contributed by atoms with van der Waals surface area (Å²) in [6.07, 6.45) is 18.5. The van der Waals surface area contributed by atoms with Crippen molar-refractivity contribution < 1.29 is 0 Å². The first-order valence-corrected chi connectivity index (χ1v) is 27.4. The molecule has 20 nitrogen and oxygen atoms in total. The molecule has 0 aromatic carbocycles. The van der Waals surface area contributed by atoms with E-state index in [4.69, 9.17) is 0 Å². The van der Waals surface area contributed by atoms with E-state index < -0.39 is 0 Å². The smallest absolute Gasteiger partial charge is 0.270 e. The molecule has 22 heteroatoms. The number of likely N-dealkylation sites (N-methyl/N-ethyl adjacent to an activating group) is 1. The van der Waals surface area contributed by atoms with Crippen LogP contribution in [0.2, 0.25) is 0 Å². The maximum absolute atomic E-state index is 13.0. The molecule has 0 spiro atoms. The second kappa shape index (κ2) is 27.3. The van der Waals surface area contributed by atoms with Gasteiger partial charge >= 0.3 is 0 Å². The Kier molecular flexibility index (Phi) is 20.6. The summed E-state index contributed by atoms with van der Waals surface area (Å²) in [7, 11) is 8.29. The van der Waals surface area contributed by atoms with E-state index in [1.165, 1.54) is 0 Å². The van der Waals surface area contributed by atoms with Crippen LogP contribution >= 0.6 is 32.9 Å². The Labute approximate surface area is 461 Å². The third-order valence-electron chi connectivity index (χ3n) is 14.6. The fourth-order valence-corrected chi connectivity index (χ4v) is 11.2. The molecule has 6 aromatic rings. The zero-order chi connectivity index (χ0) is 53.0. The average Bonchev–Trinajstić information content (AvgIpc) is 4.16. The van der Waals surface area contributed by atoms with Gasteiger partial charge in [0.1, 0.15) is 34.6 Å². The molecule has 0 radical (unpaired) electrons. The number of nitrogens with one attached hydrogen (secondary N) is 3. The summed E-state index contributed by atoms with van der Waals surface area (Å²) in [6, 6.07) is 14.4. The molecule has 10 rings (SSSR count). The lowest BCUT2D eigenvalue weighted by molar-refractivity contribution is 0.171. The molecule has 0 amide bonds. The van der Waals surface area contributed by atoms with Gasteiger partial charge in [-0.25, -0.2) is 9.97 Å². The summed E-state index contributed by atoms with van der Waals surface area (Å²) in [4.78, 5) is 76.3. The molecule has 8 heterocycles. The van der Waals surface area contributed by atoms with Crippen LogP contribution < -0.4 is 38.2 Å². The van der Waals surface area contributed by atoms with Gasteiger partial charge in [0.05, 0.1) is 0 Å². The molecule has 6 aromatic heterocycles. The molecule has 2 aliphatic carbocycles. The number of nitrogens with zero attached hydrogens (tertiary/aromatic N) is 13. The van der Waals surface area contributed by atoms with E-state index in [-0.39, 0.29) is 74.5 Å². The number of anilines is 4. The number of hydrogen-bond acceptors (Lipinski definition) is 16. The summed E-state index contributed by atoms with van der Waals surface area (Å²) in [6.45, 7) is 7.03. The highest BCUT2D eigenvalue weighted by molar-refractivity contribution is 9.09. The first kappa shape index (κ1) is 57.6. The number of piperidine rings is 2. The van der Waals surface area contributed by atoms with Crippen molar-refractivity contribution in [3.63, 3.8) is 0 Å². The number of nitriles is 2. The lowest BCUT2D eigenvalue weighted by Crippen LogP contribution is -2.40. The first-order chi connectivity index (χ1) is 36.3. The van der Waals surface area contributed by atoms with Crippen molar-refractivity contribution >= 4 is 78.2 Å². The zero-order valence-electron chi connectivity index (χ0n) is 44.0. The fourth-order valence-electron chi connectivity index (χ4n) is 10.5. The van der Waals surface area contributed by atoms with Crippen LogP contribution in [0.25, 0.3) is 22.1 Å². The number of fused-ring (bicyclic) bond motifs is 2. The minimum absolute atomic E-state index is 0. The number of pyridine rings is 4. The minimum Gasteiger partial charge on any atom is -0.324 e. The van der Waals surface area contributed by atoms with Crippen LogP contribution in [0, 0.1) is 22.7 Å². The Morgan fingerprint density at radius 2 is 1.07 bits per heavy atom. The molecule has 0 bridgehead atoms. The molecule has 0 atom stereocenters. The standard InChI is InChI=1S/C27H34N8O2.C23H25N7O2.C4H10BrN.BrH/c1-32(2)13-14-33-10-8-22(9-11-33)34-12-7-21(16-24(34)36)30-27-29-18-20-15-19(17-28)26(37)35(25(20)31-27)23-5-3-4-6-23;24-13-15-11-16-14-26-23(28-21(16)30(22(15)32)19-3-1-2-4-19)27-17-7-10-29(20(31)12-17)18-5-8-25-9-6-18;1-6(2)4-3-5;/h7,12,15-16,18,22-23H,3-6,8-11,13-14H2,1-2H3,(H,29,30,31);7,10-12,14,18-19,25H,1-6,8-9H2,(H,26,27,28);3-4H2,1-2H3;1H. The number of rotatable bonds is 13. The Morgan fingerprint density at radius 3 is 1.45 bits per heavy atom. The zero-order valence-corrected chi connectivity index (χ0v) is 47.3. The quantitative estimate of drug-likeness (QED) is 0.0987. The van der Waals surface area contributed by atoms with Crippen molar-refractivity contribution in [3.8, 4) is 12.1 Å². The van der Waals surface area contributed by atoms with E-state index in [0.717, 1.165) is 128 Å². The molecular formula is C54H70Br2N16O4. The van der Waals surface area contributed by atoms with Gasteiger partial charge in [-0.2, -0.15) is 20.5 Å². The highest BCUT2D eigenvalue weighted by Crippen LogP contribution is 2.32. The van der Waals surface area contributed by atoms with Crippen molar-refractivity contribution in [2.24, 2.45) is 0 Å². The average molecular weight is 1170 g/mol. The largest absolute Gasteiger partial charge is 0.324 e. The number of halogens is 2. The van der Waals surface area contributed by atoms with Gasteiger partial charge in [0, 0.05) is 121 Å². The van der Waals surface area contributed by atoms with E-state index >= 15 is 0 Å².